The summed E-state index contributed by atoms with van der Waals surface area (Å²) in [4.78, 5) is 16.6. The number of nitrogens with two attached hydrogens (primary N) is 1. The number of hydrogen-bond donors (Lipinski definition) is 2. The highest BCUT2D eigenvalue weighted by atomic mass is 35.5. The SMILES string of the molecule is Cl.Cl.NC1C2CCCC1CC(C(=O)NCc1ccc(Oc3cccnc3)c(F)c1)C2. The van der Waals surface area contributed by atoms with Crippen LogP contribution >= 0.6 is 24.8 Å². The van der Waals surface area contributed by atoms with Gasteiger partial charge in [0.2, 0.25) is 5.91 Å². The van der Waals surface area contributed by atoms with Gasteiger partial charge in [0, 0.05) is 24.7 Å². The topological polar surface area (TPSA) is 77.2 Å². The summed E-state index contributed by atoms with van der Waals surface area (Å²) >= 11 is 0. The van der Waals surface area contributed by atoms with Crippen LogP contribution in [0.1, 0.15) is 37.7 Å². The molecule has 164 valence electrons. The molecule has 0 radical (unpaired) electrons. The van der Waals surface area contributed by atoms with Crippen molar-refractivity contribution in [1.29, 1.82) is 0 Å². The molecule has 2 atom stereocenters. The number of nitrogens with zero attached hydrogens (tertiary/aromatic N) is 1. The van der Waals surface area contributed by atoms with E-state index in [2.05, 4.69) is 10.3 Å². The zero-order valence-corrected chi connectivity index (χ0v) is 18.3. The Morgan fingerprint density at radius 3 is 2.57 bits per heavy atom. The summed E-state index contributed by atoms with van der Waals surface area (Å²) in [6, 6.07) is 8.43. The van der Waals surface area contributed by atoms with Crippen molar-refractivity contribution < 1.29 is 13.9 Å². The summed E-state index contributed by atoms with van der Waals surface area (Å²) in [6.45, 7) is 0.306. The fourth-order valence-corrected chi connectivity index (χ4v) is 4.61. The van der Waals surface area contributed by atoms with Crippen molar-refractivity contribution in [1.82, 2.24) is 10.3 Å². The molecule has 5 nitrogen and oxygen atoms in total. The lowest BCUT2D eigenvalue weighted by Crippen LogP contribution is -2.49. The lowest BCUT2D eigenvalue weighted by atomic mass is 9.65. The first-order valence-corrected chi connectivity index (χ1v) is 10.00. The molecule has 2 unspecified atom stereocenters. The Balaban J connectivity index is 0.00000160. The minimum absolute atomic E-state index is 0. The second-order valence-corrected chi connectivity index (χ2v) is 7.97. The van der Waals surface area contributed by atoms with E-state index in [9.17, 15) is 9.18 Å². The molecule has 1 heterocycles. The normalized spacial score (nSPS) is 24.7. The number of carbonyl (C=O) groups excluding carboxylic acids is 1. The fraction of sp³-hybridized carbons (Fsp3) is 0.455. The number of carbonyl (C=O) groups is 1. The maximum absolute atomic E-state index is 14.3. The number of benzene rings is 1. The van der Waals surface area contributed by atoms with Crippen molar-refractivity contribution in [3.63, 3.8) is 0 Å². The molecule has 4 rings (SSSR count). The minimum Gasteiger partial charge on any atom is -0.453 e. The second-order valence-electron chi connectivity index (χ2n) is 7.97. The highest BCUT2D eigenvalue weighted by molar-refractivity contribution is 5.85. The largest absolute Gasteiger partial charge is 0.453 e. The van der Waals surface area contributed by atoms with Crippen molar-refractivity contribution in [2.24, 2.45) is 23.5 Å². The second kappa shape index (κ2) is 10.9. The number of rotatable bonds is 5. The van der Waals surface area contributed by atoms with E-state index >= 15 is 0 Å². The van der Waals surface area contributed by atoms with Crippen LogP contribution in [0.25, 0.3) is 0 Å². The number of aromatic nitrogens is 1. The van der Waals surface area contributed by atoms with Crippen LogP contribution in [0.15, 0.2) is 42.7 Å². The zero-order chi connectivity index (χ0) is 19.5. The van der Waals surface area contributed by atoms with Crippen LogP contribution < -0.4 is 15.8 Å². The number of hydrogen-bond acceptors (Lipinski definition) is 4. The number of halogens is 3. The molecule has 2 aromatic rings. The number of amides is 1. The Hall–Kier alpha value is -1.89. The Bertz CT molecular complexity index is 826. The number of ether oxygens (including phenoxy) is 1. The predicted molar refractivity (Wildman–Crippen MR) is 119 cm³/mol. The predicted octanol–water partition coefficient (Wildman–Crippen LogP) is 4.63. The molecule has 8 heteroatoms. The highest BCUT2D eigenvalue weighted by Gasteiger charge is 2.40. The lowest BCUT2D eigenvalue weighted by molar-refractivity contribution is -0.128. The summed E-state index contributed by atoms with van der Waals surface area (Å²) in [7, 11) is 0. The van der Waals surface area contributed by atoms with Gasteiger partial charge in [-0.15, -0.1) is 24.8 Å². The molecule has 0 spiro atoms. The van der Waals surface area contributed by atoms with Crippen LogP contribution in [-0.2, 0) is 11.3 Å². The highest BCUT2D eigenvalue weighted by Crippen LogP contribution is 2.41. The quantitative estimate of drug-likeness (QED) is 0.688. The van der Waals surface area contributed by atoms with Gasteiger partial charge in [0.1, 0.15) is 5.75 Å². The van der Waals surface area contributed by atoms with Crippen molar-refractivity contribution in [3.05, 3.63) is 54.1 Å². The monoisotopic (exact) mass is 455 g/mol. The molecule has 1 amide bonds. The summed E-state index contributed by atoms with van der Waals surface area (Å²) in [5, 5.41) is 2.97. The van der Waals surface area contributed by atoms with Gasteiger partial charge in [0.25, 0.3) is 0 Å². The molecule has 0 aliphatic heterocycles. The molecule has 2 saturated carbocycles. The van der Waals surface area contributed by atoms with Crippen LogP contribution in [0.3, 0.4) is 0 Å². The summed E-state index contributed by atoms with van der Waals surface area (Å²) in [6.07, 6.45) is 8.38. The molecule has 2 bridgehead atoms. The van der Waals surface area contributed by atoms with Crippen LogP contribution in [0.2, 0.25) is 0 Å². The molecule has 30 heavy (non-hydrogen) atoms. The summed E-state index contributed by atoms with van der Waals surface area (Å²) < 4.78 is 19.8. The van der Waals surface area contributed by atoms with Gasteiger partial charge in [0.05, 0.1) is 6.20 Å². The van der Waals surface area contributed by atoms with Gasteiger partial charge in [-0.3, -0.25) is 9.78 Å². The third kappa shape index (κ3) is 5.62. The van der Waals surface area contributed by atoms with E-state index in [0.717, 1.165) is 25.7 Å². The average Bonchev–Trinajstić information content (AvgIpc) is 2.68. The van der Waals surface area contributed by atoms with Gasteiger partial charge in [-0.05, 0) is 67.3 Å². The summed E-state index contributed by atoms with van der Waals surface area (Å²) in [5.41, 5.74) is 7.01. The number of fused-ring (bicyclic) bond motifs is 2. The number of nitrogens with one attached hydrogen (secondary N) is 1. The van der Waals surface area contributed by atoms with Crippen LogP contribution in [0.5, 0.6) is 11.5 Å². The molecule has 2 fully saturated rings. The van der Waals surface area contributed by atoms with Gasteiger partial charge in [-0.2, -0.15) is 0 Å². The molecule has 0 saturated heterocycles. The van der Waals surface area contributed by atoms with E-state index in [1.807, 2.05) is 0 Å². The summed E-state index contributed by atoms with van der Waals surface area (Å²) in [5.74, 6) is 1.15. The molecular weight excluding hydrogens is 428 g/mol. The smallest absolute Gasteiger partial charge is 0.223 e. The molecule has 2 aliphatic rings. The molecule has 1 aromatic carbocycles. The minimum atomic E-state index is -0.464. The number of pyridine rings is 1. The van der Waals surface area contributed by atoms with Gasteiger partial charge < -0.3 is 15.8 Å². The third-order valence-corrected chi connectivity index (χ3v) is 6.11. The third-order valence-electron chi connectivity index (χ3n) is 6.11. The Morgan fingerprint density at radius 1 is 1.20 bits per heavy atom. The van der Waals surface area contributed by atoms with E-state index in [1.54, 1.807) is 30.5 Å². The van der Waals surface area contributed by atoms with E-state index < -0.39 is 5.82 Å². The van der Waals surface area contributed by atoms with Gasteiger partial charge >= 0.3 is 0 Å². The molecule has 1 aromatic heterocycles. The Morgan fingerprint density at radius 2 is 1.93 bits per heavy atom. The average molecular weight is 456 g/mol. The van der Waals surface area contributed by atoms with E-state index in [4.69, 9.17) is 10.5 Å². The first kappa shape index (κ1) is 24.4. The van der Waals surface area contributed by atoms with Crippen molar-refractivity contribution in [2.45, 2.75) is 44.7 Å². The molecule has 2 aliphatic carbocycles. The lowest BCUT2D eigenvalue weighted by Gasteiger charge is -2.43. The van der Waals surface area contributed by atoms with Crippen LogP contribution in [0.4, 0.5) is 4.39 Å². The van der Waals surface area contributed by atoms with Crippen LogP contribution in [0, 0.1) is 23.6 Å². The fourth-order valence-electron chi connectivity index (χ4n) is 4.61. The first-order chi connectivity index (χ1) is 13.6. The van der Waals surface area contributed by atoms with E-state index in [0.29, 0.717) is 29.7 Å². The van der Waals surface area contributed by atoms with Crippen molar-refractivity contribution in [3.8, 4) is 11.5 Å². The Labute approximate surface area is 188 Å². The van der Waals surface area contributed by atoms with Crippen LogP contribution in [-0.4, -0.2) is 16.9 Å². The molecular formula is C22H28Cl2FN3O2. The van der Waals surface area contributed by atoms with E-state index in [1.165, 1.54) is 18.7 Å². The van der Waals surface area contributed by atoms with E-state index in [-0.39, 0.29) is 48.4 Å². The van der Waals surface area contributed by atoms with Gasteiger partial charge in [-0.1, -0.05) is 12.5 Å². The maximum atomic E-state index is 14.3. The molecule has 3 N–H and O–H groups in total. The van der Waals surface area contributed by atoms with Gasteiger partial charge in [0.15, 0.2) is 11.6 Å². The van der Waals surface area contributed by atoms with Crippen molar-refractivity contribution in [2.75, 3.05) is 0 Å². The van der Waals surface area contributed by atoms with Gasteiger partial charge in [-0.25, -0.2) is 4.39 Å². The van der Waals surface area contributed by atoms with Crippen molar-refractivity contribution >= 4 is 30.7 Å². The zero-order valence-electron chi connectivity index (χ0n) is 16.6. The first-order valence-electron chi connectivity index (χ1n) is 10.00. The standard InChI is InChI=1S/C22H26FN3O2.2ClH/c23-19-9-14(6-7-20(19)28-18-5-2-8-25-13-18)12-26-22(27)17-10-15-3-1-4-16(11-17)21(15)24;;/h2,5-9,13,15-17,21H,1,3-4,10-12,24H2,(H,26,27);2*1H. The maximum Gasteiger partial charge on any atom is 0.223 e. The Kier molecular flexibility index (Phi) is 8.89.